The molecule has 0 aliphatic carbocycles. The number of anilines is 2. The minimum absolute atomic E-state index is 0.164. The summed E-state index contributed by atoms with van der Waals surface area (Å²) >= 11 is 1.68. The van der Waals surface area contributed by atoms with Crippen LogP contribution in [0.25, 0.3) is 0 Å². The lowest BCUT2D eigenvalue weighted by molar-refractivity contribution is -0.137. The van der Waals surface area contributed by atoms with Crippen molar-refractivity contribution in [1.29, 1.82) is 0 Å². The predicted molar refractivity (Wildman–Crippen MR) is 150 cm³/mol. The highest BCUT2D eigenvalue weighted by atomic mass is 32.1. The number of amides is 2. The smallest absolute Gasteiger partial charge is 0.242 e. The summed E-state index contributed by atoms with van der Waals surface area (Å²) < 4.78 is 0. The van der Waals surface area contributed by atoms with Gasteiger partial charge in [0.25, 0.3) is 0 Å². The molecule has 0 spiro atoms. The van der Waals surface area contributed by atoms with Crippen LogP contribution in [-0.4, -0.2) is 46.8 Å². The average Bonchev–Trinajstić information content (AvgIpc) is 3.25. The van der Waals surface area contributed by atoms with E-state index in [4.69, 9.17) is 0 Å². The topological polar surface area (TPSA) is 69.6 Å². The van der Waals surface area contributed by atoms with Crippen LogP contribution < -0.4 is 9.80 Å². The number of carbonyl (C=O) groups is 2. The number of nitrogens with zero attached hydrogens (tertiary/aromatic N) is 5. The van der Waals surface area contributed by atoms with Crippen molar-refractivity contribution in [3.05, 3.63) is 68.9 Å². The molecular formula is C29H37N5O2S. The van der Waals surface area contributed by atoms with E-state index in [9.17, 15) is 9.59 Å². The van der Waals surface area contributed by atoms with Gasteiger partial charge in [0.2, 0.25) is 11.8 Å². The second kappa shape index (κ2) is 10.7. The molecule has 8 heteroatoms. The van der Waals surface area contributed by atoms with Gasteiger partial charge in [-0.2, -0.15) is 0 Å². The van der Waals surface area contributed by atoms with Gasteiger partial charge in [0.05, 0.1) is 22.6 Å². The number of aryl methyl sites for hydroxylation is 3. The van der Waals surface area contributed by atoms with E-state index in [2.05, 4.69) is 53.0 Å². The average molecular weight is 520 g/mol. The SMILES string of the molecule is CCN1C(=O)C(C)(C)C(=O)N(C)c2cc(CN(CCc3ccc(C)nc3C)Cc3scnc3C)ccc21. The second-order valence-electron chi connectivity index (χ2n) is 10.4. The molecule has 4 rings (SSSR count). The van der Waals surface area contributed by atoms with Gasteiger partial charge in [-0.05, 0) is 77.3 Å². The first-order chi connectivity index (χ1) is 17.5. The summed E-state index contributed by atoms with van der Waals surface area (Å²) in [6, 6.07) is 10.4. The maximum absolute atomic E-state index is 13.3. The zero-order valence-corrected chi connectivity index (χ0v) is 23.8. The van der Waals surface area contributed by atoms with Crippen LogP contribution in [0.15, 0.2) is 35.8 Å². The fourth-order valence-electron chi connectivity index (χ4n) is 4.96. The Morgan fingerprint density at radius 2 is 1.73 bits per heavy atom. The van der Waals surface area contributed by atoms with Gasteiger partial charge in [0.15, 0.2) is 0 Å². The van der Waals surface area contributed by atoms with Crippen LogP contribution >= 0.6 is 11.3 Å². The highest BCUT2D eigenvalue weighted by Crippen LogP contribution is 2.39. The fraction of sp³-hybridized carbons (Fsp3) is 0.448. The van der Waals surface area contributed by atoms with E-state index < -0.39 is 5.41 Å². The van der Waals surface area contributed by atoms with Gasteiger partial charge in [-0.15, -0.1) is 11.3 Å². The molecule has 3 aromatic rings. The van der Waals surface area contributed by atoms with E-state index in [0.29, 0.717) is 13.1 Å². The Balaban J connectivity index is 1.64. The summed E-state index contributed by atoms with van der Waals surface area (Å²) in [5.41, 5.74) is 7.87. The third-order valence-corrected chi connectivity index (χ3v) is 8.20. The van der Waals surface area contributed by atoms with Gasteiger partial charge in [-0.3, -0.25) is 19.5 Å². The number of hydrogen-bond donors (Lipinski definition) is 0. The molecule has 37 heavy (non-hydrogen) atoms. The van der Waals surface area contributed by atoms with Crippen molar-refractivity contribution in [2.75, 3.05) is 29.9 Å². The number of aromatic nitrogens is 2. The zero-order valence-electron chi connectivity index (χ0n) is 23.0. The minimum atomic E-state index is -1.11. The lowest BCUT2D eigenvalue weighted by Gasteiger charge is -2.27. The van der Waals surface area contributed by atoms with Crippen molar-refractivity contribution in [2.45, 2.75) is 61.1 Å². The molecule has 196 valence electrons. The Hall–Kier alpha value is -3.10. The van der Waals surface area contributed by atoms with Crippen molar-refractivity contribution >= 4 is 34.5 Å². The lowest BCUT2D eigenvalue weighted by atomic mass is 9.90. The van der Waals surface area contributed by atoms with Crippen molar-refractivity contribution in [3.63, 3.8) is 0 Å². The molecule has 1 aromatic carbocycles. The maximum Gasteiger partial charge on any atom is 0.242 e. The summed E-state index contributed by atoms with van der Waals surface area (Å²) in [6.45, 7) is 14.4. The van der Waals surface area contributed by atoms with Crippen molar-refractivity contribution in [1.82, 2.24) is 14.9 Å². The van der Waals surface area contributed by atoms with Crippen LogP contribution in [0.3, 0.4) is 0 Å². The Morgan fingerprint density at radius 1 is 0.973 bits per heavy atom. The van der Waals surface area contributed by atoms with Gasteiger partial charge in [-0.25, -0.2) is 4.98 Å². The molecule has 0 saturated carbocycles. The number of hydrogen-bond acceptors (Lipinski definition) is 6. The Bertz CT molecular complexity index is 1320. The number of benzene rings is 1. The van der Waals surface area contributed by atoms with Crippen molar-refractivity contribution < 1.29 is 9.59 Å². The summed E-state index contributed by atoms with van der Waals surface area (Å²) in [5, 5.41) is 0. The van der Waals surface area contributed by atoms with Crippen LogP contribution in [0.5, 0.6) is 0 Å². The van der Waals surface area contributed by atoms with Crippen LogP contribution in [0.1, 0.15) is 53.9 Å². The summed E-state index contributed by atoms with van der Waals surface area (Å²) in [5.74, 6) is -0.353. The molecule has 2 aromatic heterocycles. The fourth-order valence-corrected chi connectivity index (χ4v) is 5.78. The standard InChI is InChI=1S/C29H37N5O2S/c1-8-34-24-12-10-22(15-25(24)32(7)27(35)29(5,6)28(34)36)16-33(17-26-21(4)30-18-37-26)14-13-23-11-9-19(2)31-20(23)3/h9-12,15,18H,8,13-14,16-17H2,1-7H3. The first kappa shape index (κ1) is 26.9. The van der Waals surface area contributed by atoms with Crippen LogP contribution in [-0.2, 0) is 29.1 Å². The Labute approximate surface area is 224 Å². The molecule has 0 saturated heterocycles. The number of pyridine rings is 1. The molecule has 0 unspecified atom stereocenters. The predicted octanol–water partition coefficient (Wildman–Crippen LogP) is 5.06. The molecule has 0 N–H and O–H groups in total. The molecule has 2 amide bonds. The lowest BCUT2D eigenvalue weighted by Crippen LogP contribution is -2.47. The first-order valence-corrected chi connectivity index (χ1v) is 13.7. The molecular weight excluding hydrogens is 482 g/mol. The van der Waals surface area contributed by atoms with Crippen molar-refractivity contribution in [3.8, 4) is 0 Å². The molecule has 1 aliphatic heterocycles. The first-order valence-electron chi connectivity index (χ1n) is 12.8. The summed E-state index contributed by atoms with van der Waals surface area (Å²) in [4.78, 5) is 42.6. The number of fused-ring (bicyclic) bond motifs is 1. The molecule has 0 bridgehead atoms. The van der Waals surface area contributed by atoms with E-state index in [-0.39, 0.29) is 11.8 Å². The molecule has 0 atom stereocenters. The normalized spacial score (nSPS) is 15.4. The summed E-state index contributed by atoms with van der Waals surface area (Å²) in [6.07, 6.45) is 0.895. The van der Waals surface area contributed by atoms with E-state index in [1.807, 2.05) is 25.4 Å². The van der Waals surface area contributed by atoms with Crippen LogP contribution in [0.2, 0.25) is 0 Å². The van der Waals surface area contributed by atoms with E-state index in [0.717, 1.165) is 53.5 Å². The highest BCUT2D eigenvalue weighted by Gasteiger charge is 2.45. The van der Waals surface area contributed by atoms with Crippen LogP contribution in [0.4, 0.5) is 11.4 Å². The largest absolute Gasteiger partial charge is 0.313 e. The van der Waals surface area contributed by atoms with Crippen molar-refractivity contribution in [2.24, 2.45) is 5.41 Å². The highest BCUT2D eigenvalue weighted by molar-refractivity contribution is 7.09. The molecule has 0 radical (unpaired) electrons. The Morgan fingerprint density at radius 3 is 2.38 bits per heavy atom. The minimum Gasteiger partial charge on any atom is -0.313 e. The molecule has 0 fully saturated rings. The summed E-state index contributed by atoms with van der Waals surface area (Å²) in [7, 11) is 1.77. The van der Waals surface area contributed by atoms with E-state index >= 15 is 0 Å². The van der Waals surface area contributed by atoms with Gasteiger partial charge >= 0.3 is 0 Å². The monoisotopic (exact) mass is 519 g/mol. The van der Waals surface area contributed by atoms with Gasteiger partial charge in [0, 0.05) is 49.5 Å². The molecule has 1 aliphatic rings. The van der Waals surface area contributed by atoms with Crippen LogP contribution in [0, 0.1) is 26.2 Å². The van der Waals surface area contributed by atoms with E-state index in [1.54, 1.807) is 42.0 Å². The van der Waals surface area contributed by atoms with Gasteiger partial charge in [-0.1, -0.05) is 12.1 Å². The van der Waals surface area contributed by atoms with E-state index in [1.165, 1.54) is 10.4 Å². The number of carbonyl (C=O) groups excluding carboxylic acids is 2. The maximum atomic E-state index is 13.3. The quantitative estimate of drug-likeness (QED) is 0.389. The van der Waals surface area contributed by atoms with Gasteiger partial charge < -0.3 is 9.80 Å². The number of rotatable bonds is 8. The van der Waals surface area contributed by atoms with Gasteiger partial charge in [0.1, 0.15) is 5.41 Å². The zero-order chi connectivity index (χ0) is 26.9. The third-order valence-electron chi connectivity index (χ3n) is 7.28. The number of thiazole rings is 1. The Kier molecular flexibility index (Phi) is 7.80. The molecule has 3 heterocycles. The third kappa shape index (κ3) is 5.45. The second-order valence-corrected chi connectivity index (χ2v) is 11.3. The molecule has 7 nitrogen and oxygen atoms in total.